The highest BCUT2D eigenvalue weighted by atomic mass is 16.4. The number of hydrogen-bond donors (Lipinski definition) is 2. The third kappa shape index (κ3) is 7.81. The van der Waals surface area contributed by atoms with Gasteiger partial charge in [-0.1, -0.05) is 84.5 Å². The predicted molar refractivity (Wildman–Crippen MR) is 89.1 cm³/mol. The summed E-state index contributed by atoms with van der Waals surface area (Å²) in [5.74, 6) is -2.40. The lowest BCUT2D eigenvalue weighted by Gasteiger charge is -2.22. The molecule has 2 N–H and O–H groups in total. The number of unbranched alkanes of at least 4 members (excludes halogenated alkanes) is 10. The maximum atomic E-state index is 11.2. The van der Waals surface area contributed by atoms with Gasteiger partial charge in [-0.05, 0) is 12.8 Å². The Morgan fingerprint density at radius 2 is 1.05 bits per heavy atom. The Balaban J connectivity index is 3.67. The number of carboxylic acid groups (broad SMARTS) is 2. The van der Waals surface area contributed by atoms with Crippen LogP contribution in [0.5, 0.6) is 0 Å². The van der Waals surface area contributed by atoms with Crippen molar-refractivity contribution in [2.45, 2.75) is 97.3 Å². The predicted octanol–water partition coefficient (Wildman–Crippen LogP) is 5.25. The van der Waals surface area contributed by atoms with Crippen molar-refractivity contribution in [3.8, 4) is 0 Å². The minimum Gasteiger partial charge on any atom is -0.480 e. The molecule has 4 heteroatoms. The smallest absolute Gasteiger partial charge is 0.321 e. The van der Waals surface area contributed by atoms with Crippen molar-refractivity contribution in [2.75, 3.05) is 0 Å². The fourth-order valence-electron chi connectivity index (χ4n) is 2.88. The Bertz CT molecular complexity index is 298. The molecule has 0 amide bonds. The molecular formula is C18H34O4. The van der Waals surface area contributed by atoms with Gasteiger partial charge in [0.25, 0.3) is 0 Å². The molecule has 0 aromatic carbocycles. The molecule has 0 radical (unpaired) electrons. The monoisotopic (exact) mass is 314 g/mol. The zero-order valence-corrected chi connectivity index (χ0v) is 14.4. The lowest BCUT2D eigenvalue weighted by molar-refractivity contribution is -0.165. The summed E-state index contributed by atoms with van der Waals surface area (Å²) in [6, 6.07) is 0. The van der Waals surface area contributed by atoms with Crippen LogP contribution in [0.25, 0.3) is 0 Å². The molecule has 0 aliphatic carbocycles. The molecule has 0 fully saturated rings. The summed E-state index contributed by atoms with van der Waals surface area (Å²) < 4.78 is 0. The minimum atomic E-state index is -1.58. The van der Waals surface area contributed by atoms with Crippen molar-refractivity contribution >= 4 is 11.9 Å². The molecule has 0 spiro atoms. The lowest BCUT2D eigenvalue weighted by Crippen LogP contribution is -2.38. The van der Waals surface area contributed by atoms with Crippen LogP contribution in [0.15, 0.2) is 0 Å². The van der Waals surface area contributed by atoms with E-state index in [1.54, 1.807) is 6.92 Å². The molecule has 0 aliphatic rings. The average Bonchev–Trinajstić information content (AvgIpc) is 2.48. The molecule has 0 heterocycles. The molecule has 0 atom stereocenters. The molecule has 4 nitrogen and oxygen atoms in total. The van der Waals surface area contributed by atoms with E-state index in [0.717, 1.165) is 12.8 Å². The number of hydrogen-bond acceptors (Lipinski definition) is 2. The van der Waals surface area contributed by atoms with Crippen LogP contribution in [0.3, 0.4) is 0 Å². The Kier molecular flexibility index (Phi) is 11.9. The highest BCUT2D eigenvalue weighted by Gasteiger charge is 2.44. The first kappa shape index (κ1) is 20.9. The van der Waals surface area contributed by atoms with Gasteiger partial charge in [-0.2, -0.15) is 0 Å². The fraction of sp³-hybridized carbons (Fsp3) is 0.889. The van der Waals surface area contributed by atoms with Gasteiger partial charge in [-0.15, -0.1) is 0 Å². The first-order valence-electron chi connectivity index (χ1n) is 8.98. The first-order chi connectivity index (χ1) is 10.5. The summed E-state index contributed by atoms with van der Waals surface area (Å²) in [6.07, 6.45) is 13.4. The maximum Gasteiger partial charge on any atom is 0.321 e. The van der Waals surface area contributed by atoms with Gasteiger partial charge < -0.3 is 10.2 Å². The molecule has 0 rings (SSSR count). The second-order valence-electron chi connectivity index (χ2n) is 6.33. The van der Waals surface area contributed by atoms with Gasteiger partial charge in [-0.3, -0.25) is 9.59 Å². The SMILES string of the molecule is CCCCCCCCCCCCCC(CC)(C(=O)O)C(=O)O. The van der Waals surface area contributed by atoms with Crippen LogP contribution in [0.4, 0.5) is 0 Å². The molecule has 0 aromatic rings. The van der Waals surface area contributed by atoms with Crippen LogP contribution in [0, 0.1) is 5.41 Å². The van der Waals surface area contributed by atoms with E-state index in [-0.39, 0.29) is 12.8 Å². The molecule has 0 bridgehead atoms. The van der Waals surface area contributed by atoms with Gasteiger partial charge in [0.05, 0.1) is 0 Å². The van der Waals surface area contributed by atoms with E-state index < -0.39 is 17.4 Å². The highest BCUT2D eigenvalue weighted by molar-refractivity contribution is 5.98. The van der Waals surface area contributed by atoms with Gasteiger partial charge in [0.2, 0.25) is 0 Å². The highest BCUT2D eigenvalue weighted by Crippen LogP contribution is 2.30. The van der Waals surface area contributed by atoms with E-state index in [9.17, 15) is 19.8 Å². The van der Waals surface area contributed by atoms with Gasteiger partial charge in [0.15, 0.2) is 5.41 Å². The van der Waals surface area contributed by atoms with Crippen LogP contribution in [0.1, 0.15) is 97.3 Å². The largest absolute Gasteiger partial charge is 0.480 e. The Morgan fingerprint density at radius 3 is 1.36 bits per heavy atom. The van der Waals surface area contributed by atoms with E-state index in [1.807, 2.05) is 0 Å². The molecule has 0 aliphatic heterocycles. The van der Waals surface area contributed by atoms with Crippen LogP contribution in [0.2, 0.25) is 0 Å². The second-order valence-corrected chi connectivity index (χ2v) is 6.33. The Labute approximate surface area is 135 Å². The van der Waals surface area contributed by atoms with Crippen molar-refractivity contribution in [1.82, 2.24) is 0 Å². The van der Waals surface area contributed by atoms with Crippen molar-refractivity contribution in [2.24, 2.45) is 5.41 Å². The van der Waals surface area contributed by atoms with E-state index in [1.165, 1.54) is 51.4 Å². The van der Waals surface area contributed by atoms with Gasteiger partial charge >= 0.3 is 11.9 Å². The summed E-state index contributed by atoms with van der Waals surface area (Å²) in [7, 11) is 0. The van der Waals surface area contributed by atoms with Crippen LogP contribution < -0.4 is 0 Å². The zero-order valence-electron chi connectivity index (χ0n) is 14.4. The molecule has 0 aromatic heterocycles. The van der Waals surface area contributed by atoms with Crippen molar-refractivity contribution < 1.29 is 19.8 Å². The van der Waals surface area contributed by atoms with Gasteiger partial charge in [0, 0.05) is 0 Å². The number of rotatable bonds is 15. The van der Waals surface area contributed by atoms with Gasteiger partial charge in [0.1, 0.15) is 0 Å². The normalized spacial score (nSPS) is 11.5. The third-order valence-corrected chi connectivity index (χ3v) is 4.63. The lowest BCUT2D eigenvalue weighted by atomic mass is 9.80. The van der Waals surface area contributed by atoms with Gasteiger partial charge in [-0.25, -0.2) is 0 Å². The fourth-order valence-corrected chi connectivity index (χ4v) is 2.88. The first-order valence-corrected chi connectivity index (χ1v) is 8.98. The summed E-state index contributed by atoms with van der Waals surface area (Å²) in [5, 5.41) is 18.3. The molecule has 0 unspecified atom stereocenters. The summed E-state index contributed by atoms with van der Waals surface area (Å²) in [4.78, 5) is 22.5. The van der Waals surface area contributed by atoms with E-state index in [4.69, 9.17) is 0 Å². The van der Waals surface area contributed by atoms with Crippen LogP contribution in [-0.2, 0) is 9.59 Å². The average molecular weight is 314 g/mol. The van der Waals surface area contributed by atoms with Crippen LogP contribution >= 0.6 is 0 Å². The summed E-state index contributed by atoms with van der Waals surface area (Å²) >= 11 is 0. The van der Waals surface area contributed by atoms with E-state index in [0.29, 0.717) is 6.42 Å². The Hall–Kier alpha value is -1.06. The summed E-state index contributed by atoms with van der Waals surface area (Å²) in [5.41, 5.74) is -1.58. The second kappa shape index (κ2) is 12.5. The molecular weight excluding hydrogens is 280 g/mol. The van der Waals surface area contributed by atoms with Crippen molar-refractivity contribution in [3.05, 3.63) is 0 Å². The molecule has 0 saturated carbocycles. The molecule has 130 valence electrons. The Morgan fingerprint density at radius 1 is 0.682 bits per heavy atom. The van der Waals surface area contributed by atoms with E-state index >= 15 is 0 Å². The molecule has 22 heavy (non-hydrogen) atoms. The number of carboxylic acids is 2. The molecule has 0 saturated heterocycles. The third-order valence-electron chi connectivity index (χ3n) is 4.63. The number of aliphatic carboxylic acids is 2. The number of carbonyl (C=O) groups is 2. The minimum absolute atomic E-state index is 0.148. The zero-order chi connectivity index (χ0) is 16.8. The quantitative estimate of drug-likeness (QED) is 0.319. The topological polar surface area (TPSA) is 74.6 Å². The van der Waals surface area contributed by atoms with E-state index in [2.05, 4.69) is 6.92 Å². The van der Waals surface area contributed by atoms with Crippen molar-refractivity contribution in [1.29, 1.82) is 0 Å². The maximum absolute atomic E-state index is 11.2. The van der Waals surface area contributed by atoms with Crippen molar-refractivity contribution in [3.63, 3.8) is 0 Å². The standard InChI is InChI=1S/C18H34O4/c1-3-5-6-7-8-9-10-11-12-13-14-15-18(4-2,16(19)20)17(21)22/h3-15H2,1-2H3,(H,19,20)(H,21,22). The summed E-state index contributed by atoms with van der Waals surface area (Å²) in [6.45, 7) is 3.86. The van der Waals surface area contributed by atoms with Crippen LogP contribution in [-0.4, -0.2) is 22.2 Å².